The van der Waals surface area contributed by atoms with Gasteiger partial charge >= 0.3 is 0 Å². The molecule has 0 saturated heterocycles. The van der Waals surface area contributed by atoms with Crippen LogP contribution in [0.5, 0.6) is 0 Å². The highest BCUT2D eigenvalue weighted by molar-refractivity contribution is 5.80. The Hall–Kier alpha value is -1.42. The van der Waals surface area contributed by atoms with Gasteiger partial charge in [0.25, 0.3) is 0 Å². The highest BCUT2D eigenvalue weighted by atomic mass is 19.1. The molecule has 0 aliphatic carbocycles. The lowest BCUT2D eigenvalue weighted by Gasteiger charge is -2.19. The Balaban J connectivity index is 2.69. The van der Waals surface area contributed by atoms with Crippen molar-refractivity contribution in [3.05, 3.63) is 35.6 Å². The first-order valence-electron chi connectivity index (χ1n) is 5.28. The number of amides is 1. The van der Waals surface area contributed by atoms with E-state index >= 15 is 0 Å². The monoisotopic (exact) mass is 224 g/mol. The van der Waals surface area contributed by atoms with Crippen LogP contribution in [0.15, 0.2) is 24.3 Å². The largest absolute Gasteiger partial charge is 0.358 e. The van der Waals surface area contributed by atoms with Gasteiger partial charge in [0.1, 0.15) is 5.82 Å². The Kier molecular flexibility index (Phi) is 4.43. The molecule has 0 spiro atoms. The fourth-order valence-electron chi connectivity index (χ4n) is 1.58. The third-order valence-electron chi connectivity index (χ3n) is 2.51. The maximum absolute atomic E-state index is 13.4. The number of rotatable bonds is 4. The zero-order chi connectivity index (χ0) is 12.1. The van der Waals surface area contributed by atoms with Crippen LogP contribution in [-0.4, -0.2) is 19.0 Å². The molecule has 0 bridgehead atoms. The van der Waals surface area contributed by atoms with Gasteiger partial charge in [-0.1, -0.05) is 18.2 Å². The maximum Gasteiger partial charge on any atom is 0.236 e. The molecule has 0 aliphatic heterocycles. The first kappa shape index (κ1) is 12.6. The second kappa shape index (κ2) is 5.61. The van der Waals surface area contributed by atoms with E-state index in [2.05, 4.69) is 10.6 Å². The van der Waals surface area contributed by atoms with E-state index in [4.69, 9.17) is 0 Å². The van der Waals surface area contributed by atoms with E-state index in [-0.39, 0.29) is 23.8 Å². The van der Waals surface area contributed by atoms with Crippen molar-refractivity contribution in [2.75, 3.05) is 7.05 Å². The van der Waals surface area contributed by atoms with E-state index in [1.54, 1.807) is 32.2 Å². The number of carbonyl (C=O) groups is 1. The van der Waals surface area contributed by atoms with Gasteiger partial charge in [-0.05, 0) is 19.9 Å². The highest BCUT2D eigenvalue weighted by Gasteiger charge is 2.16. The Morgan fingerprint density at radius 3 is 2.50 bits per heavy atom. The first-order chi connectivity index (χ1) is 7.56. The van der Waals surface area contributed by atoms with Crippen molar-refractivity contribution in [2.45, 2.75) is 25.9 Å². The maximum atomic E-state index is 13.4. The summed E-state index contributed by atoms with van der Waals surface area (Å²) in [5.41, 5.74) is 0.568. The van der Waals surface area contributed by atoms with Crippen molar-refractivity contribution in [1.82, 2.24) is 10.6 Å². The Morgan fingerprint density at radius 1 is 1.31 bits per heavy atom. The smallest absolute Gasteiger partial charge is 0.236 e. The number of likely N-dealkylation sites (N-methyl/N-ethyl adjacent to an activating group) is 1. The summed E-state index contributed by atoms with van der Waals surface area (Å²) in [5.74, 6) is -0.366. The van der Waals surface area contributed by atoms with Crippen molar-refractivity contribution in [2.24, 2.45) is 0 Å². The Labute approximate surface area is 95.0 Å². The SMILES string of the molecule is CNC(=O)C(C)N[C@H](C)c1ccccc1F. The molecule has 0 radical (unpaired) electrons. The van der Waals surface area contributed by atoms with Crippen LogP contribution >= 0.6 is 0 Å². The van der Waals surface area contributed by atoms with E-state index in [1.165, 1.54) is 6.07 Å². The van der Waals surface area contributed by atoms with Crippen LogP contribution in [0.2, 0.25) is 0 Å². The molecule has 1 amide bonds. The lowest BCUT2D eigenvalue weighted by Crippen LogP contribution is -2.41. The molecule has 16 heavy (non-hydrogen) atoms. The molecule has 2 atom stereocenters. The minimum absolute atomic E-state index is 0.108. The first-order valence-corrected chi connectivity index (χ1v) is 5.28. The highest BCUT2D eigenvalue weighted by Crippen LogP contribution is 2.16. The molecule has 0 fully saturated rings. The molecule has 4 heteroatoms. The molecule has 1 unspecified atom stereocenters. The van der Waals surface area contributed by atoms with E-state index in [0.717, 1.165) is 0 Å². The van der Waals surface area contributed by atoms with Crippen LogP contribution in [0, 0.1) is 5.82 Å². The third kappa shape index (κ3) is 3.03. The number of benzene rings is 1. The normalized spacial score (nSPS) is 14.2. The minimum atomic E-state index is -0.348. The van der Waals surface area contributed by atoms with E-state index in [0.29, 0.717) is 5.56 Å². The minimum Gasteiger partial charge on any atom is -0.358 e. The second-order valence-electron chi connectivity index (χ2n) is 3.75. The van der Waals surface area contributed by atoms with Crippen LogP contribution in [0.25, 0.3) is 0 Å². The number of hydrogen-bond acceptors (Lipinski definition) is 2. The molecule has 3 nitrogen and oxygen atoms in total. The zero-order valence-electron chi connectivity index (χ0n) is 9.75. The van der Waals surface area contributed by atoms with Gasteiger partial charge in [0, 0.05) is 18.7 Å². The fourth-order valence-corrected chi connectivity index (χ4v) is 1.58. The van der Waals surface area contributed by atoms with Gasteiger partial charge in [-0.15, -0.1) is 0 Å². The van der Waals surface area contributed by atoms with Crippen molar-refractivity contribution >= 4 is 5.91 Å². The lowest BCUT2D eigenvalue weighted by molar-refractivity contribution is -0.122. The average Bonchev–Trinajstić information content (AvgIpc) is 2.28. The number of carbonyl (C=O) groups excluding carboxylic acids is 1. The van der Waals surface area contributed by atoms with Crippen molar-refractivity contribution in [3.8, 4) is 0 Å². The Bertz CT molecular complexity index is 368. The molecule has 1 rings (SSSR count). The molecular weight excluding hydrogens is 207 g/mol. The summed E-state index contributed by atoms with van der Waals surface area (Å²) in [6, 6.07) is 6.00. The molecule has 88 valence electrons. The molecule has 0 aromatic heterocycles. The molecule has 0 heterocycles. The predicted molar refractivity (Wildman–Crippen MR) is 61.5 cm³/mol. The molecule has 2 N–H and O–H groups in total. The third-order valence-corrected chi connectivity index (χ3v) is 2.51. The summed E-state index contributed by atoms with van der Waals surface area (Å²) >= 11 is 0. The summed E-state index contributed by atoms with van der Waals surface area (Å²) in [4.78, 5) is 11.3. The van der Waals surface area contributed by atoms with Crippen LogP contribution in [0.1, 0.15) is 25.5 Å². The quantitative estimate of drug-likeness (QED) is 0.815. The summed E-state index contributed by atoms with van der Waals surface area (Å²) in [5, 5.41) is 5.58. The van der Waals surface area contributed by atoms with Crippen LogP contribution in [-0.2, 0) is 4.79 Å². The topological polar surface area (TPSA) is 41.1 Å². The van der Waals surface area contributed by atoms with Crippen LogP contribution in [0.3, 0.4) is 0 Å². The standard InChI is InChI=1S/C12H17FN2O/c1-8(15-9(2)12(16)14-3)10-6-4-5-7-11(10)13/h4-9,15H,1-3H3,(H,14,16)/t8-,9?/m1/s1. The summed E-state index contributed by atoms with van der Waals surface area (Å²) in [6.45, 7) is 3.58. The van der Waals surface area contributed by atoms with Crippen molar-refractivity contribution < 1.29 is 9.18 Å². The molecule has 0 aliphatic rings. The van der Waals surface area contributed by atoms with E-state index in [9.17, 15) is 9.18 Å². The average molecular weight is 224 g/mol. The predicted octanol–water partition coefficient (Wildman–Crippen LogP) is 1.61. The molecule has 1 aromatic carbocycles. The van der Waals surface area contributed by atoms with Crippen LogP contribution < -0.4 is 10.6 Å². The van der Waals surface area contributed by atoms with E-state index in [1.807, 2.05) is 6.92 Å². The van der Waals surface area contributed by atoms with Crippen LogP contribution in [0.4, 0.5) is 4.39 Å². The molecule has 1 aromatic rings. The summed E-state index contributed by atoms with van der Waals surface area (Å²) in [6.07, 6.45) is 0. The number of halogens is 1. The second-order valence-corrected chi connectivity index (χ2v) is 3.75. The van der Waals surface area contributed by atoms with Gasteiger partial charge in [-0.2, -0.15) is 0 Å². The number of hydrogen-bond donors (Lipinski definition) is 2. The van der Waals surface area contributed by atoms with Gasteiger partial charge in [-0.25, -0.2) is 4.39 Å². The fraction of sp³-hybridized carbons (Fsp3) is 0.417. The van der Waals surface area contributed by atoms with Crippen molar-refractivity contribution in [3.63, 3.8) is 0 Å². The zero-order valence-corrected chi connectivity index (χ0v) is 9.75. The summed E-state index contributed by atoms with van der Waals surface area (Å²) in [7, 11) is 1.58. The number of nitrogens with one attached hydrogen (secondary N) is 2. The summed E-state index contributed by atoms with van der Waals surface area (Å²) < 4.78 is 13.4. The van der Waals surface area contributed by atoms with Gasteiger partial charge in [0.05, 0.1) is 6.04 Å². The van der Waals surface area contributed by atoms with Gasteiger partial charge in [-0.3, -0.25) is 10.1 Å². The Morgan fingerprint density at radius 2 is 1.94 bits per heavy atom. The van der Waals surface area contributed by atoms with Gasteiger partial charge in [0.2, 0.25) is 5.91 Å². The lowest BCUT2D eigenvalue weighted by atomic mass is 10.1. The molecule has 0 saturated carbocycles. The van der Waals surface area contributed by atoms with Gasteiger partial charge in [0.15, 0.2) is 0 Å². The van der Waals surface area contributed by atoms with E-state index < -0.39 is 0 Å². The van der Waals surface area contributed by atoms with Gasteiger partial charge < -0.3 is 5.32 Å². The van der Waals surface area contributed by atoms with Crippen molar-refractivity contribution in [1.29, 1.82) is 0 Å². The molecular formula is C12H17FN2O.